The number of carbonyl (C=O) groups is 1. The normalized spacial score (nSPS) is 12.2. The number of fused-ring (bicyclic) bond motifs is 1. The molecule has 0 saturated heterocycles. The molecule has 0 aliphatic carbocycles. The largest absolute Gasteiger partial charge is 0.345 e. The number of nitrogens with zero attached hydrogens (tertiary/aromatic N) is 2. The van der Waals surface area contributed by atoms with Gasteiger partial charge in [0.2, 0.25) is 0 Å². The van der Waals surface area contributed by atoms with Gasteiger partial charge >= 0.3 is 0 Å². The first kappa shape index (κ1) is 21.0. The molecule has 158 valence electrons. The molecule has 0 unspecified atom stereocenters. The van der Waals surface area contributed by atoms with Crippen LogP contribution in [0.2, 0.25) is 0 Å². The Hall–Kier alpha value is -3.26. The number of rotatable bonds is 4. The van der Waals surface area contributed by atoms with Crippen molar-refractivity contribution >= 4 is 27.4 Å². The molecule has 1 atom stereocenters. The average molecular weight is 483 g/mol. The van der Waals surface area contributed by atoms with Gasteiger partial charge in [0.1, 0.15) is 15.9 Å². The number of hydrogen-bond acceptors (Lipinski definition) is 3. The second kappa shape index (κ2) is 8.11. The van der Waals surface area contributed by atoms with Crippen LogP contribution >= 0.6 is 15.9 Å². The molecular formula is C23H20BrFN4O2. The summed E-state index contributed by atoms with van der Waals surface area (Å²) >= 11 is 3.41. The third kappa shape index (κ3) is 4.03. The van der Waals surface area contributed by atoms with E-state index in [0.29, 0.717) is 10.4 Å². The molecule has 6 nitrogen and oxygen atoms in total. The topological polar surface area (TPSA) is 79.3 Å². The Kier molecular flexibility index (Phi) is 5.49. The number of aromatic nitrogens is 3. The Morgan fingerprint density at radius 1 is 1.13 bits per heavy atom. The van der Waals surface area contributed by atoms with Crippen LogP contribution in [0.3, 0.4) is 0 Å². The number of aromatic amines is 1. The van der Waals surface area contributed by atoms with Crippen LogP contribution in [0.4, 0.5) is 4.39 Å². The molecule has 2 heterocycles. The van der Waals surface area contributed by atoms with E-state index in [-0.39, 0.29) is 34.4 Å². The molecule has 0 radical (unpaired) electrons. The Bertz CT molecular complexity index is 1360. The minimum Gasteiger partial charge on any atom is -0.345 e. The number of H-pyrrole nitrogens is 1. The zero-order valence-corrected chi connectivity index (χ0v) is 18.7. The summed E-state index contributed by atoms with van der Waals surface area (Å²) in [5.41, 5.74) is 3.95. The maximum Gasteiger partial charge on any atom is 0.275 e. The Labute approximate surface area is 186 Å². The average Bonchev–Trinajstić information content (AvgIpc) is 3.08. The third-order valence-electron chi connectivity index (χ3n) is 5.32. The molecule has 0 spiro atoms. The number of aryl methyl sites for hydroxylation is 2. The van der Waals surface area contributed by atoms with E-state index in [4.69, 9.17) is 0 Å². The fourth-order valence-electron chi connectivity index (χ4n) is 3.32. The van der Waals surface area contributed by atoms with Crippen molar-refractivity contribution in [3.63, 3.8) is 0 Å². The van der Waals surface area contributed by atoms with E-state index in [0.717, 1.165) is 22.3 Å². The summed E-state index contributed by atoms with van der Waals surface area (Å²) < 4.78 is 14.9. The first-order valence-corrected chi connectivity index (χ1v) is 10.5. The lowest BCUT2D eigenvalue weighted by Crippen LogP contribution is -2.26. The highest BCUT2D eigenvalue weighted by atomic mass is 79.9. The third-order valence-corrected chi connectivity index (χ3v) is 6.09. The van der Waals surface area contributed by atoms with Gasteiger partial charge in [-0.1, -0.05) is 24.3 Å². The standard InChI is InChI=1S/C23H20BrFN4O2/c1-12-4-5-16(10-13(12)2)21-27-23(31)19-11-18(20(24)29(19)28-21)22(30)26-14(3)15-6-8-17(25)9-7-15/h4-11,14H,1-3H3,(H,26,30)(H,27,28,31)/t14-/m1/s1. The van der Waals surface area contributed by atoms with Gasteiger partial charge in [-0.05, 0) is 77.7 Å². The maximum absolute atomic E-state index is 13.1. The lowest BCUT2D eigenvalue weighted by Gasteiger charge is -2.14. The molecule has 8 heteroatoms. The Balaban J connectivity index is 1.69. The zero-order chi connectivity index (χ0) is 22.3. The van der Waals surface area contributed by atoms with E-state index >= 15 is 0 Å². The molecule has 4 aromatic rings. The second-order valence-electron chi connectivity index (χ2n) is 7.49. The number of benzene rings is 2. The fraction of sp³-hybridized carbons (Fsp3) is 0.174. The first-order valence-electron chi connectivity index (χ1n) is 9.70. The van der Waals surface area contributed by atoms with Crippen molar-refractivity contribution in [2.75, 3.05) is 0 Å². The molecule has 0 aliphatic rings. The van der Waals surface area contributed by atoms with Crippen LogP contribution in [-0.4, -0.2) is 20.5 Å². The van der Waals surface area contributed by atoms with Crippen molar-refractivity contribution in [1.82, 2.24) is 19.9 Å². The van der Waals surface area contributed by atoms with Crippen molar-refractivity contribution in [2.45, 2.75) is 26.8 Å². The number of hydrogen-bond donors (Lipinski definition) is 2. The fourth-order valence-corrected chi connectivity index (χ4v) is 3.89. The van der Waals surface area contributed by atoms with E-state index < -0.39 is 0 Å². The summed E-state index contributed by atoms with van der Waals surface area (Å²) in [6.07, 6.45) is 0. The van der Waals surface area contributed by atoms with Crippen molar-refractivity contribution in [1.29, 1.82) is 0 Å². The predicted molar refractivity (Wildman–Crippen MR) is 121 cm³/mol. The smallest absolute Gasteiger partial charge is 0.275 e. The molecule has 0 saturated carbocycles. The molecule has 2 aromatic carbocycles. The van der Waals surface area contributed by atoms with Crippen LogP contribution in [0, 0.1) is 19.7 Å². The van der Waals surface area contributed by atoms with Crippen LogP contribution in [0.1, 0.15) is 40.0 Å². The van der Waals surface area contributed by atoms with Gasteiger partial charge in [-0.2, -0.15) is 0 Å². The van der Waals surface area contributed by atoms with Crippen molar-refractivity contribution < 1.29 is 9.18 Å². The highest BCUT2D eigenvalue weighted by molar-refractivity contribution is 9.10. The summed E-state index contributed by atoms with van der Waals surface area (Å²) in [7, 11) is 0. The lowest BCUT2D eigenvalue weighted by atomic mass is 10.1. The van der Waals surface area contributed by atoms with Crippen molar-refractivity contribution in [3.8, 4) is 11.4 Å². The molecular weight excluding hydrogens is 463 g/mol. The van der Waals surface area contributed by atoms with Crippen LogP contribution < -0.4 is 10.9 Å². The van der Waals surface area contributed by atoms with Crippen LogP contribution in [0.25, 0.3) is 16.9 Å². The highest BCUT2D eigenvalue weighted by Crippen LogP contribution is 2.23. The molecule has 2 N–H and O–H groups in total. The summed E-state index contributed by atoms with van der Waals surface area (Å²) in [5.74, 6) is -0.307. The number of carbonyl (C=O) groups excluding carboxylic acids is 1. The highest BCUT2D eigenvalue weighted by Gasteiger charge is 2.20. The van der Waals surface area contributed by atoms with E-state index in [9.17, 15) is 14.0 Å². The molecule has 0 fully saturated rings. The van der Waals surface area contributed by atoms with Gasteiger partial charge in [-0.25, -0.2) is 8.91 Å². The molecule has 2 aromatic heterocycles. The zero-order valence-electron chi connectivity index (χ0n) is 17.2. The molecule has 4 rings (SSSR count). The van der Waals surface area contributed by atoms with Crippen LogP contribution in [-0.2, 0) is 0 Å². The number of amides is 1. The molecule has 31 heavy (non-hydrogen) atoms. The van der Waals surface area contributed by atoms with Crippen molar-refractivity contribution in [2.24, 2.45) is 0 Å². The predicted octanol–water partition coefficient (Wildman–Crippen LogP) is 4.70. The number of nitrogens with one attached hydrogen (secondary N) is 2. The monoisotopic (exact) mass is 482 g/mol. The Morgan fingerprint density at radius 3 is 2.52 bits per heavy atom. The summed E-state index contributed by atoms with van der Waals surface area (Å²) in [6, 6.07) is 12.9. The lowest BCUT2D eigenvalue weighted by molar-refractivity contribution is 0.0939. The van der Waals surface area contributed by atoms with Gasteiger partial charge in [0.15, 0.2) is 5.82 Å². The van der Waals surface area contributed by atoms with Gasteiger partial charge in [0.25, 0.3) is 11.5 Å². The van der Waals surface area contributed by atoms with Gasteiger partial charge in [-0.3, -0.25) is 9.59 Å². The van der Waals surface area contributed by atoms with Gasteiger partial charge in [0.05, 0.1) is 11.6 Å². The minimum absolute atomic E-state index is 0.249. The van der Waals surface area contributed by atoms with E-state index in [1.165, 1.54) is 22.7 Å². The number of halogens is 2. The summed E-state index contributed by atoms with van der Waals surface area (Å²) in [5, 5.41) is 7.39. The second-order valence-corrected chi connectivity index (χ2v) is 8.25. The van der Waals surface area contributed by atoms with E-state index in [1.54, 1.807) is 19.1 Å². The molecule has 0 aliphatic heterocycles. The van der Waals surface area contributed by atoms with E-state index in [1.807, 2.05) is 32.0 Å². The van der Waals surface area contributed by atoms with Gasteiger partial charge < -0.3 is 10.3 Å². The van der Waals surface area contributed by atoms with Gasteiger partial charge in [0, 0.05) is 5.56 Å². The van der Waals surface area contributed by atoms with E-state index in [2.05, 4.69) is 31.3 Å². The maximum atomic E-state index is 13.1. The summed E-state index contributed by atoms with van der Waals surface area (Å²) in [4.78, 5) is 28.3. The van der Waals surface area contributed by atoms with Crippen LogP contribution in [0.15, 0.2) is 57.9 Å². The quantitative estimate of drug-likeness (QED) is 0.442. The van der Waals surface area contributed by atoms with Crippen LogP contribution in [0.5, 0.6) is 0 Å². The Morgan fingerprint density at radius 2 is 1.84 bits per heavy atom. The molecule has 1 amide bonds. The van der Waals surface area contributed by atoms with Crippen molar-refractivity contribution in [3.05, 3.63) is 91.6 Å². The summed E-state index contributed by atoms with van der Waals surface area (Å²) in [6.45, 7) is 5.81. The molecule has 0 bridgehead atoms. The van der Waals surface area contributed by atoms with Gasteiger partial charge in [-0.15, -0.1) is 5.10 Å². The first-order chi connectivity index (χ1) is 14.7. The minimum atomic E-state index is -0.374. The SMILES string of the molecule is Cc1ccc(-c2nn3c(Br)c(C(=O)N[C@H](C)c4ccc(F)cc4)cc3c(=O)[nH]2)cc1C.